The normalized spacial score (nSPS) is 11.5. The number of nitrogens with one attached hydrogen (secondary N) is 1. The summed E-state index contributed by atoms with van der Waals surface area (Å²) in [4.78, 5) is 8.29. The van der Waals surface area contributed by atoms with E-state index in [4.69, 9.17) is 0 Å². The molecule has 112 valence electrons. The van der Waals surface area contributed by atoms with Gasteiger partial charge in [-0.2, -0.15) is 13.2 Å². The van der Waals surface area contributed by atoms with Crippen LogP contribution < -0.4 is 5.32 Å². The van der Waals surface area contributed by atoms with Crippen molar-refractivity contribution in [3.63, 3.8) is 0 Å². The largest absolute Gasteiger partial charge is 0.419 e. The predicted octanol–water partition coefficient (Wildman–Crippen LogP) is 4.04. The van der Waals surface area contributed by atoms with E-state index in [1.165, 1.54) is 6.07 Å². The maximum atomic E-state index is 13.6. The highest BCUT2D eigenvalue weighted by Gasteiger charge is 2.34. The standard InChI is InChI=1S/C14H13F4N3/c1-3-19-13-20-8(2)6-12(21-13)9-4-5-10(11(15)7-9)14(16,17)18/h4-7H,3H2,1-2H3,(H,19,20,21). The molecule has 21 heavy (non-hydrogen) atoms. The number of nitrogens with zero attached hydrogens (tertiary/aromatic N) is 2. The van der Waals surface area contributed by atoms with E-state index >= 15 is 0 Å². The van der Waals surface area contributed by atoms with Gasteiger partial charge in [-0.25, -0.2) is 14.4 Å². The van der Waals surface area contributed by atoms with Gasteiger partial charge in [0.05, 0.1) is 11.3 Å². The van der Waals surface area contributed by atoms with E-state index in [1.54, 1.807) is 13.0 Å². The molecule has 1 aromatic heterocycles. The molecule has 0 atom stereocenters. The Balaban J connectivity index is 2.45. The third-order valence-electron chi connectivity index (χ3n) is 2.76. The Bertz CT molecular complexity index is 653. The number of alkyl halides is 3. The van der Waals surface area contributed by atoms with Crippen LogP contribution in [0.3, 0.4) is 0 Å². The number of halogens is 4. The summed E-state index contributed by atoms with van der Waals surface area (Å²) in [7, 11) is 0. The number of aryl methyl sites for hydroxylation is 1. The van der Waals surface area contributed by atoms with E-state index in [1.807, 2.05) is 6.92 Å². The predicted molar refractivity (Wildman–Crippen MR) is 71.3 cm³/mol. The van der Waals surface area contributed by atoms with E-state index in [9.17, 15) is 17.6 Å². The van der Waals surface area contributed by atoms with Crippen LogP contribution in [0.15, 0.2) is 24.3 Å². The highest BCUT2D eigenvalue weighted by atomic mass is 19.4. The molecule has 0 aliphatic heterocycles. The first-order chi connectivity index (χ1) is 9.81. The first-order valence-corrected chi connectivity index (χ1v) is 6.28. The van der Waals surface area contributed by atoms with Crippen molar-refractivity contribution in [2.45, 2.75) is 20.0 Å². The van der Waals surface area contributed by atoms with Crippen LogP contribution in [-0.2, 0) is 6.18 Å². The number of anilines is 1. The Morgan fingerprint density at radius 2 is 1.86 bits per heavy atom. The molecule has 1 heterocycles. The number of hydrogen-bond acceptors (Lipinski definition) is 3. The van der Waals surface area contributed by atoms with Gasteiger partial charge in [-0.1, -0.05) is 6.07 Å². The molecule has 0 spiro atoms. The minimum absolute atomic E-state index is 0.269. The van der Waals surface area contributed by atoms with E-state index < -0.39 is 17.6 Å². The zero-order valence-corrected chi connectivity index (χ0v) is 11.4. The van der Waals surface area contributed by atoms with Crippen molar-refractivity contribution in [1.29, 1.82) is 0 Å². The molecule has 2 aromatic rings. The summed E-state index contributed by atoms with van der Waals surface area (Å²) in [6.45, 7) is 4.19. The van der Waals surface area contributed by atoms with Crippen LogP contribution in [0.5, 0.6) is 0 Å². The van der Waals surface area contributed by atoms with Gasteiger partial charge >= 0.3 is 6.18 Å². The Morgan fingerprint density at radius 3 is 2.43 bits per heavy atom. The lowest BCUT2D eigenvalue weighted by molar-refractivity contribution is -0.139. The van der Waals surface area contributed by atoms with E-state index in [0.29, 0.717) is 23.9 Å². The van der Waals surface area contributed by atoms with Gasteiger partial charge < -0.3 is 5.32 Å². The van der Waals surface area contributed by atoms with E-state index in [0.717, 1.165) is 12.1 Å². The molecule has 0 bridgehead atoms. The fraction of sp³-hybridized carbons (Fsp3) is 0.286. The topological polar surface area (TPSA) is 37.8 Å². The van der Waals surface area contributed by atoms with Crippen molar-refractivity contribution in [1.82, 2.24) is 9.97 Å². The number of hydrogen-bond donors (Lipinski definition) is 1. The van der Waals surface area contributed by atoms with E-state index in [2.05, 4.69) is 15.3 Å². The monoisotopic (exact) mass is 299 g/mol. The number of benzene rings is 1. The minimum atomic E-state index is -4.71. The van der Waals surface area contributed by atoms with Gasteiger partial charge in [0.15, 0.2) is 0 Å². The second kappa shape index (κ2) is 5.67. The number of rotatable bonds is 3. The summed E-state index contributed by atoms with van der Waals surface area (Å²) in [5.74, 6) is -0.964. The second-order valence-electron chi connectivity index (χ2n) is 4.44. The molecule has 0 saturated heterocycles. The smallest absolute Gasteiger partial charge is 0.354 e. The number of aromatic nitrogens is 2. The maximum absolute atomic E-state index is 13.6. The van der Waals surface area contributed by atoms with Crippen molar-refractivity contribution < 1.29 is 17.6 Å². The highest BCUT2D eigenvalue weighted by molar-refractivity contribution is 5.61. The third-order valence-corrected chi connectivity index (χ3v) is 2.76. The molecule has 3 nitrogen and oxygen atoms in total. The molecule has 1 N–H and O–H groups in total. The lowest BCUT2D eigenvalue weighted by Crippen LogP contribution is -2.08. The molecule has 7 heteroatoms. The minimum Gasteiger partial charge on any atom is -0.354 e. The molecular weight excluding hydrogens is 286 g/mol. The molecule has 1 aromatic carbocycles. The average molecular weight is 299 g/mol. The molecule has 0 amide bonds. The molecule has 0 unspecified atom stereocenters. The Hall–Kier alpha value is -2.18. The summed E-state index contributed by atoms with van der Waals surface area (Å²) in [5, 5.41) is 2.91. The Kier molecular flexibility index (Phi) is 4.11. The van der Waals surface area contributed by atoms with Crippen molar-refractivity contribution in [3.05, 3.63) is 41.3 Å². The van der Waals surface area contributed by atoms with Crippen LogP contribution in [0, 0.1) is 12.7 Å². The molecular formula is C14H13F4N3. The van der Waals surface area contributed by atoms with Gasteiger partial charge in [-0.15, -0.1) is 0 Å². The molecule has 0 saturated carbocycles. The van der Waals surface area contributed by atoms with Gasteiger partial charge in [0, 0.05) is 17.8 Å². The van der Waals surface area contributed by atoms with Crippen LogP contribution >= 0.6 is 0 Å². The quantitative estimate of drug-likeness (QED) is 0.869. The van der Waals surface area contributed by atoms with Gasteiger partial charge in [0.25, 0.3) is 0 Å². The van der Waals surface area contributed by atoms with Crippen molar-refractivity contribution in [3.8, 4) is 11.3 Å². The molecule has 0 radical (unpaired) electrons. The fourth-order valence-electron chi connectivity index (χ4n) is 1.86. The average Bonchev–Trinajstić information content (AvgIpc) is 2.36. The van der Waals surface area contributed by atoms with Crippen LogP contribution in [0.2, 0.25) is 0 Å². The first kappa shape index (κ1) is 15.2. The van der Waals surface area contributed by atoms with Crippen LogP contribution in [0.1, 0.15) is 18.2 Å². The van der Waals surface area contributed by atoms with Gasteiger partial charge in [0.1, 0.15) is 5.82 Å². The van der Waals surface area contributed by atoms with Gasteiger partial charge in [0.2, 0.25) is 5.95 Å². The highest BCUT2D eigenvalue weighted by Crippen LogP contribution is 2.33. The molecule has 0 fully saturated rings. The fourth-order valence-corrected chi connectivity index (χ4v) is 1.86. The second-order valence-corrected chi connectivity index (χ2v) is 4.44. The summed E-state index contributed by atoms with van der Waals surface area (Å²) < 4.78 is 51.2. The summed E-state index contributed by atoms with van der Waals surface area (Å²) in [6.07, 6.45) is -4.71. The summed E-state index contributed by atoms with van der Waals surface area (Å²) >= 11 is 0. The lowest BCUT2D eigenvalue weighted by Gasteiger charge is -2.10. The van der Waals surface area contributed by atoms with Crippen molar-refractivity contribution >= 4 is 5.95 Å². The SMILES string of the molecule is CCNc1nc(C)cc(-c2ccc(C(F)(F)F)c(F)c2)n1. The first-order valence-electron chi connectivity index (χ1n) is 6.28. The van der Waals surface area contributed by atoms with Crippen molar-refractivity contribution in [2.75, 3.05) is 11.9 Å². The maximum Gasteiger partial charge on any atom is 0.419 e. The van der Waals surface area contributed by atoms with Gasteiger partial charge in [-0.3, -0.25) is 0 Å². The third kappa shape index (κ3) is 3.48. The van der Waals surface area contributed by atoms with Gasteiger partial charge in [-0.05, 0) is 32.0 Å². The van der Waals surface area contributed by atoms with Crippen LogP contribution in [0.25, 0.3) is 11.3 Å². The van der Waals surface area contributed by atoms with Crippen molar-refractivity contribution in [2.24, 2.45) is 0 Å². The lowest BCUT2D eigenvalue weighted by atomic mass is 10.1. The Labute approximate surface area is 119 Å². The molecule has 2 rings (SSSR count). The summed E-state index contributed by atoms with van der Waals surface area (Å²) in [5.41, 5.74) is -0.0172. The molecule has 0 aliphatic carbocycles. The zero-order chi connectivity index (χ0) is 15.6. The van der Waals surface area contributed by atoms with Crippen LogP contribution in [-0.4, -0.2) is 16.5 Å². The molecule has 0 aliphatic rings. The zero-order valence-electron chi connectivity index (χ0n) is 11.4. The van der Waals surface area contributed by atoms with Crippen LogP contribution in [0.4, 0.5) is 23.5 Å². The van der Waals surface area contributed by atoms with E-state index in [-0.39, 0.29) is 5.56 Å². The summed E-state index contributed by atoms with van der Waals surface area (Å²) in [6, 6.07) is 4.33. The Morgan fingerprint density at radius 1 is 1.14 bits per heavy atom.